The third-order valence-electron chi connectivity index (χ3n) is 4.65. The number of fused-ring (bicyclic) bond motifs is 1. The van der Waals surface area contributed by atoms with E-state index < -0.39 is 0 Å². The van der Waals surface area contributed by atoms with E-state index in [0.717, 1.165) is 39.3 Å². The second-order valence-corrected chi connectivity index (χ2v) is 6.32. The number of benzene rings is 1. The average Bonchev–Trinajstić information content (AvgIpc) is 3.18. The highest BCUT2D eigenvalue weighted by Gasteiger charge is 2.09. The van der Waals surface area contributed by atoms with Crippen molar-refractivity contribution in [3.8, 4) is 33.6 Å². The molecule has 0 aliphatic carbocycles. The highest BCUT2D eigenvalue weighted by Crippen LogP contribution is 2.27. The molecule has 0 amide bonds. The number of rotatable bonds is 3. The number of hydrogen-bond donors (Lipinski definition) is 0. The minimum Gasteiger partial charge on any atom is -0.300 e. The zero-order valence-electron chi connectivity index (χ0n) is 14.5. The van der Waals surface area contributed by atoms with Crippen LogP contribution in [0.15, 0.2) is 97.7 Å². The van der Waals surface area contributed by atoms with Crippen LogP contribution in [0.2, 0.25) is 0 Å². The van der Waals surface area contributed by atoms with Gasteiger partial charge in [-0.25, -0.2) is 4.98 Å². The van der Waals surface area contributed by atoms with Crippen LogP contribution in [0.4, 0.5) is 0 Å². The van der Waals surface area contributed by atoms with Crippen molar-refractivity contribution in [3.63, 3.8) is 0 Å². The van der Waals surface area contributed by atoms with E-state index in [-0.39, 0.29) is 0 Å². The summed E-state index contributed by atoms with van der Waals surface area (Å²) in [6.07, 6.45) is 9.44. The molecule has 4 heterocycles. The monoisotopic (exact) mass is 348 g/mol. The molecule has 0 atom stereocenters. The Labute approximate surface area is 156 Å². The van der Waals surface area contributed by atoms with Crippen LogP contribution >= 0.6 is 0 Å². The van der Waals surface area contributed by atoms with Crippen LogP contribution < -0.4 is 0 Å². The summed E-state index contributed by atoms with van der Waals surface area (Å²) in [5.41, 5.74) is 7.37. The van der Waals surface area contributed by atoms with Crippen molar-refractivity contribution in [2.24, 2.45) is 0 Å². The summed E-state index contributed by atoms with van der Waals surface area (Å²) >= 11 is 0. The van der Waals surface area contributed by atoms with E-state index in [4.69, 9.17) is 0 Å². The van der Waals surface area contributed by atoms with Gasteiger partial charge in [0.15, 0.2) is 0 Å². The van der Waals surface area contributed by atoms with Gasteiger partial charge in [-0.05, 0) is 47.5 Å². The Bertz CT molecular complexity index is 1210. The Morgan fingerprint density at radius 1 is 0.630 bits per heavy atom. The molecule has 0 saturated carbocycles. The van der Waals surface area contributed by atoms with Gasteiger partial charge < -0.3 is 0 Å². The van der Waals surface area contributed by atoms with Gasteiger partial charge in [0.1, 0.15) is 5.65 Å². The van der Waals surface area contributed by atoms with E-state index in [1.165, 1.54) is 0 Å². The van der Waals surface area contributed by atoms with E-state index in [1.54, 1.807) is 12.4 Å². The van der Waals surface area contributed by atoms with Gasteiger partial charge in [-0.1, -0.05) is 30.3 Å². The Morgan fingerprint density at radius 3 is 2.30 bits per heavy atom. The maximum absolute atomic E-state index is 4.61. The zero-order valence-corrected chi connectivity index (χ0v) is 14.5. The molecule has 5 rings (SSSR count). The summed E-state index contributed by atoms with van der Waals surface area (Å²) in [4.78, 5) is 13.2. The van der Waals surface area contributed by atoms with Crippen LogP contribution in [0.3, 0.4) is 0 Å². The molecule has 4 aromatic heterocycles. The van der Waals surface area contributed by atoms with Gasteiger partial charge >= 0.3 is 0 Å². The standard InChI is InChI=1S/C23H16N4/c1-2-4-18(5-3-1)21-14-20(8-12-25-21)22-16-26-23-15-19(9-13-27(22)23)17-6-10-24-11-7-17/h1-16H. The van der Waals surface area contributed by atoms with Gasteiger partial charge in [0.25, 0.3) is 0 Å². The Kier molecular flexibility index (Phi) is 3.72. The summed E-state index contributed by atoms with van der Waals surface area (Å²) < 4.78 is 2.11. The molecule has 0 radical (unpaired) electrons. The SMILES string of the molecule is c1ccc(-c2cc(-c3cnc4cc(-c5ccncc5)ccn34)ccn2)cc1. The van der Waals surface area contributed by atoms with Gasteiger partial charge in [-0.15, -0.1) is 0 Å². The highest BCUT2D eigenvalue weighted by atomic mass is 15.0. The van der Waals surface area contributed by atoms with Crippen LogP contribution in [0.5, 0.6) is 0 Å². The lowest BCUT2D eigenvalue weighted by atomic mass is 10.1. The maximum Gasteiger partial charge on any atom is 0.137 e. The van der Waals surface area contributed by atoms with Gasteiger partial charge in [-0.3, -0.25) is 14.4 Å². The third-order valence-corrected chi connectivity index (χ3v) is 4.65. The summed E-state index contributed by atoms with van der Waals surface area (Å²) in [6.45, 7) is 0. The first kappa shape index (κ1) is 15.5. The summed E-state index contributed by atoms with van der Waals surface area (Å²) in [5.74, 6) is 0. The van der Waals surface area contributed by atoms with E-state index in [1.807, 2.05) is 48.8 Å². The fourth-order valence-corrected chi connectivity index (χ4v) is 3.27. The summed E-state index contributed by atoms with van der Waals surface area (Å²) in [5, 5.41) is 0. The third kappa shape index (κ3) is 2.87. The minimum absolute atomic E-state index is 0.914. The van der Waals surface area contributed by atoms with Gasteiger partial charge in [-0.2, -0.15) is 0 Å². The molecular formula is C23H16N4. The molecule has 27 heavy (non-hydrogen) atoms. The zero-order chi connectivity index (χ0) is 18.1. The molecule has 128 valence electrons. The van der Waals surface area contributed by atoms with Crippen molar-refractivity contribution in [2.45, 2.75) is 0 Å². The fourth-order valence-electron chi connectivity index (χ4n) is 3.27. The van der Waals surface area contributed by atoms with Crippen LogP contribution in [-0.2, 0) is 0 Å². The van der Waals surface area contributed by atoms with Crippen LogP contribution in [0.25, 0.3) is 39.3 Å². The number of nitrogens with zero attached hydrogens (tertiary/aromatic N) is 4. The van der Waals surface area contributed by atoms with Gasteiger partial charge in [0, 0.05) is 35.9 Å². The largest absolute Gasteiger partial charge is 0.300 e. The first-order valence-corrected chi connectivity index (χ1v) is 8.78. The van der Waals surface area contributed by atoms with Crippen molar-refractivity contribution in [3.05, 3.63) is 97.7 Å². The molecule has 0 bridgehead atoms. The fraction of sp³-hybridized carbons (Fsp3) is 0. The van der Waals surface area contributed by atoms with Crippen molar-refractivity contribution >= 4 is 5.65 Å². The molecule has 5 aromatic rings. The van der Waals surface area contributed by atoms with Crippen LogP contribution in [0.1, 0.15) is 0 Å². The quantitative estimate of drug-likeness (QED) is 0.454. The van der Waals surface area contributed by atoms with Gasteiger partial charge in [0.2, 0.25) is 0 Å². The van der Waals surface area contributed by atoms with Gasteiger partial charge in [0.05, 0.1) is 17.6 Å². The normalized spacial score (nSPS) is 11.0. The molecule has 0 saturated heterocycles. The lowest BCUT2D eigenvalue weighted by molar-refractivity contribution is 1.19. The highest BCUT2D eigenvalue weighted by molar-refractivity contribution is 5.72. The van der Waals surface area contributed by atoms with E-state index >= 15 is 0 Å². The van der Waals surface area contributed by atoms with E-state index in [2.05, 4.69) is 55.9 Å². The number of imidazole rings is 1. The molecule has 0 N–H and O–H groups in total. The summed E-state index contributed by atoms with van der Waals surface area (Å²) in [7, 11) is 0. The predicted molar refractivity (Wildman–Crippen MR) is 107 cm³/mol. The van der Waals surface area contributed by atoms with Crippen molar-refractivity contribution in [1.82, 2.24) is 19.4 Å². The number of hydrogen-bond acceptors (Lipinski definition) is 3. The molecule has 0 aliphatic rings. The predicted octanol–water partition coefficient (Wildman–Crippen LogP) is 5.13. The lowest BCUT2D eigenvalue weighted by Gasteiger charge is -2.06. The first-order valence-electron chi connectivity index (χ1n) is 8.78. The molecular weight excluding hydrogens is 332 g/mol. The Balaban J connectivity index is 1.58. The molecule has 4 heteroatoms. The Morgan fingerprint density at radius 2 is 1.44 bits per heavy atom. The lowest BCUT2D eigenvalue weighted by Crippen LogP contribution is -1.91. The summed E-state index contributed by atoms with van der Waals surface area (Å²) in [6, 6.07) is 22.5. The first-order chi connectivity index (χ1) is 13.4. The number of aromatic nitrogens is 4. The average molecular weight is 348 g/mol. The maximum atomic E-state index is 4.61. The smallest absolute Gasteiger partial charge is 0.137 e. The molecule has 0 spiro atoms. The second kappa shape index (κ2) is 6.50. The van der Waals surface area contributed by atoms with E-state index in [9.17, 15) is 0 Å². The van der Waals surface area contributed by atoms with Crippen molar-refractivity contribution < 1.29 is 0 Å². The molecule has 4 nitrogen and oxygen atoms in total. The molecule has 0 fully saturated rings. The van der Waals surface area contributed by atoms with Crippen LogP contribution in [0, 0.1) is 0 Å². The molecule has 0 unspecified atom stereocenters. The van der Waals surface area contributed by atoms with Crippen molar-refractivity contribution in [1.29, 1.82) is 0 Å². The topological polar surface area (TPSA) is 43.1 Å². The molecule has 1 aromatic carbocycles. The molecule has 0 aliphatic heterocycles. The Hall–Kier alpha value is -3.79. The van der Waals surface area contributed by atoms with Crippen molar-refractivity contribution in [2.75, 3.05) is 0 Å². The van der Waals surface area contributed by atoms with E-state index in [0.29, 0.717) is 0 Å². The van der Waals surface area contributed by atoms with Crippen LogP contribution in [-0.4, -0.2) is 19.4 Å². The minimum atomic E-state index is 0.914. The second-order valence-electron chi connectivity index (χ2n) is 6.32. The number of pyridine rings is 3.